The monoisotopic (exact) mass is 262 g/mol. The molecule has 1 aliphatic carbocycles. The maximum atomic E-state index is 5.97. The van der Waals surface area contributed by atoms with Crippen molar-refractivity contribution < 1.29 is 4.52 Å². The smallest absolute Gasteiger partial charge is 0.227 e. The van der Waals surface area contributed by atoms with E-state index < -0.39 is 0 Å². The van der Waals surface area contributed by atoms with Gasteiger partial charge >= 0.3 is 0 Å². The second-order valence-electron chi connectivity index (χ2n) is 5.31. The zero-order valence-electron chi connectivity index (χ0n) is 10.8. The standard InChI is InChI=1S/C12H18N6O/c13-8-12(4-2-1-3-5-12)6-10-15-11(17-19-10)9-7-14-18-16-9/h7H,1-6,8,13H2,(H,14,16,18). The van der Waals surface area contributed by atoms with Crippen LogP contribution in [-0.2, 0) is 6.42 Å². The van der Waals surface area contributed by atoms with E-state index >= 15 is 0 Å². The van der Waals surface area contributed by atoms with Gasteiger partial charge in [-0.05, 0) is 24.8 Å². The van der Waals surface area contributed by atoms with E-state index in [-0.39, 0.29) is 5.41 Å². The summed E-state index contributed by atoms with van der Waals surface area (Å²) in [5.41, 5.74) is 6.70. The predicted molar refractivity (Wildman–Crippen MR) is 68.0 cm³/mol. The molecule has 2 heterocycles. The van der Waals surface area contributed by atoms with Crippen LogP contribution in [-0.4, -0.2) is 32.1 Å². The molecule has 1 fully saturated rings. The Kier molecular flexibility index (Phi) is 3.29. The number of H-pyrrole nitrogens is 1. The third-order valence-corrected chi connectivity index (χ3v) is 3.99. The number of aromatic amines is 1. The van der Waals surface area contributed by atoms with Crippen LogP contribution in [0.25, 0.3) is 11.5 Å². The predicted octanol–water partition coefficient (Wildman–Crippen LogP) is 1.31. The molecule has 2 aromatic heterocycles. The van der Waals surface area contributed by atoms with Crippen LogP contribution in [0, 0.1) is 5.41 Å². The fraction of sp³-hybridized carbons (Fsp3) is 0.667. The normalized spacial score (nSPS) is 18.6. The van der Waals surface area contributed by atoms with E-state index in [0.29, 0.717) is 24.0 Å². The van der Waals surface area contributed by atoms with Gasteiger partial charge in [-0.2, -0.15) is 20.4 Å². The van der Waals surface area contributed by atoms with E-state index in [1.54, 1.807) is 6.20 Å². The molecule has 0 unspecified atom stereocenters. The Bertz CT molecular complexity index is 514. The molecule has 19 heavy (non-hydrogen) atoms. The zero-order valence-corrected chi connectivity index (χ0v) is 10.8. The van der Waals surface area contributed by atoms with E-state index in [9.17, 15) is 0 Å². The van der Waals surface area contributed by atoms with Gasteiger partial charge in [-0.15, -0.1) is 0 Å². The Morgan fingerprint density at radius 2 is 2.16 bits per heavy atom. The molecule has 0 spiro atoms. The Hall–Kier alpha value is -1.76. The van der Waals surface area contributed by atoms with Crippen molar-refractivity contribution in [3.63, 3.8) is 0 Å². The second-order valence-corrected chi connectivity index (χ2v) is 5.31. The molecule has 2 aromatic rings. The Morgan fingerprint density at radius 3 is 2.84 bits per heavy atom. The third kappa shape index (κ3) is 2.51. The zero-order chi connectivity index (χ0) is 13.1. The molecular weight excluding hydrogens is 244 g/mol. The highest BCUT2D eigenvalue weighted by atomic mass is 16.5. The fourth-order valence-electron chi connectivity index (χ4n) is 2.82. The summed E-state index contributed by atoms with van der Waals surface area (Å²) in [5, 5.41) is 14.1. The van der Waals surface area contributed by atoms with Crippen molar-refractivity contribution in [1.29, 1.82) is 0 Å². The molecule has 0 atom stereocenters. The molecule has 1 saturated carbocycles. The molecule has 3 N–H and O–H groups in total. The maximum Gasteiger partial charge on any atom is 0.227 e. The minimum absolute atomic E-state index is 0.131. The van der Waals surface area contributed by atoms with Gasteiger partial charge in [-0.25, -0.2) is 0 Å². The van der Waals surface area contributed by atoms with Crippen molar-refractivity contribution in [2.75, 3.05) is 6.54 Å². The molecule has 0 bridgehead atoms. The Morgan fingerprint density at radius 1 is 1.32 bits per heavy atom. The van der Waals surface area contributed by atoms with Crippen molar-refractivity contribution >= 4 is 0 Å². The topological polar surface area (TPSA) is 107 Å². The molecule has 7 heteroatoms. The average molecular weight is 262 g/mol. The summed E-state index contributed by atoms with van der Waals surface area (Å²) in [6.07, 6.45) is 8.40. The molecule has 0 aromatic carbocycles. The molecule has 7 nitrogen and oxygen atoms in total. The maximum absolute atomic E-state index is 5.97. The van der Waals surface area contributed by atoms with E-state index in [0.717, 1.165) is 19.3 Å². The molecule has 3 rings (SSSR count). The van der Waals surface area contributed by atoms with E-state index in [1.165, 1.54) is 19.3 Å². The molecular formula is C12H18N6O. The van der Waals surface area contributed by atoms with Crippen LogP contribution in [0.5, 0.6) is 0 Å². The lowest BCUT2D eigenvalue weighted by Crippen LogP contribution is -2.35. The molecule has 0 saturated heterocycles. The number of hydrogen-bond donors (Lipinski definition) is 2. The van der Waals surface area contributed by atoms with Gasteiger partial charge in [0.15, 0.2) is 5.69 Å². The van der Waals surface area contributed by atoms with E-state index in [4.69, 9.17) is 10.3 Å². The summed E-state index contributed by atoms with van der Waals surface area (Å²) in [4.78, 5) is 4.38. The number of nitrogens with zero attached hydrogens (tertiary/aromatic N) is 4. The van der Waals surface area contributed by atoms with Gasteiger partial charge in [0.25, 0.3) is 0 Å². The lowest BCUT2D eigenvalue weighted by atomic mass is 9.72. The van der Waals surface area contributed by atoms with Crippen molar-refractivity contribution in [2.24, 2.45) is 11.1 Å². The first-order valence-corrected chi connectivity index (χ1v) is 6.70. The van der Waals surface area contributed by atoms with Crippen LogP contribution < -0.4 is 5.73 Å². The van der Waals surface area contributed by atoms with Crippen LogP contribution in [0.4, 0.5) is 0 Å². The van der Waals surface area contributed by atoms with E-state index in [1.807, 2.05) is 0 Å². The van der Waals surface area contributed by atoms with Gasteiger partial charge in [0.2, 0.25) is 11.7 Å². The first kappa shape index (κ1) is 12.3. The van der Waals surface area contributed by atoms with Crippen LogP contribution >= 0.6 is 0 Å². The van der Waals surface area contributed by atoms with Crippen molar-refractivity contribution in [3.05, 3.63) is 12.1 Å². The minimum atomic E-state index is 0.131. The lowest BCUT2D eigenvalue weighted by molar-refractivity contribution is 0.177. The van der Waals surface area contributed by atoms with Crippen LogP contribution in [0.3, 0.4) is 0 Å². The van der Waals surface area contributed by atoms with Gasteiger partial charge in [0.05, 0.1) is 6.20 Å². The van der Waals surface area contributed by atoms with Crippen LogP contribution in [0.15, 0.2) is 10.7 Å². The van der Waals surface area contributed by atoms with Crippen LogP contribution in [0.2, 0.25) is 0 Å². The van der Waals surface area contributed by atoms with Gasteiger partial charge in [-0.3, -0.25) is 0 Å². The summed E-state index contributed by atoms with van der Waals surface area (Å²) in [7, 11) is 0. The molecule has 0 amide bonds. The fourth-order valence-corrected chi connectivity index (χ4v) is 2.82. The molecule has 102 valence electrons. The SMILES string of the molecule is NCC1(Cc2nc(-c3cn[nH]n3)no2)CCCCC1. The number of hydrogen-bond acceptors (Lipinski definition) is 6. The summed E-state index contributed by atoms with van der Waals surface area (Å²) in [5.74, 6) is 1.12. The van der Waals surface area contributed by atoms with Crippen molar-refractivity contribution in [1.82, 2.24) is 25.6 Å². The van der Waals surface area contributed by atoms with Crippen molar-refractivity contribution in [3.8, 4) is 11.5 Å². The van der Waals surface area contributed by atoms with Gasteiger partial charge in [-0.1, -0.05) is 24.4 Å². The highest BCUT2D eigenvalue weighted by Gasteiger charge is 2.33. The minimum Gasteiger partial charge on any atom is -0.339 e. The molecule has 0 radical (unpaired) electrons. The third-order valence-electron chi connectivity index (χ3n) is 3.99. The van der Waals surface area contributed by atoms with Gasteiger partial charge < -0.3 is 10.3 Å². The first-order valence-electron chi connectivity index (χ1n) is 6.70. The summed E-state index contributed by atoms with van der Waals surface area (Å²) in [6.45, 7) is 0.675. The van der Waals surface area contributed by atoms with E-state index in [2.05, 4.69) is 25.6 Å². The van der Waals surface area contributed by atoms with Gasteiger partial charge in [0.1, 0.15) is 0 Å². The summed E-state index contributed by atoms with van der Waals surface area (Å²) in [6, 6.07) is 0. The number of rotatable bonds is 4. The van der Waals surface area contributed by atoms with Crippen molar-refractivity contribution in [2.45, 2.75) is 38.5 Å². The number of nitrogens with two attached hydrogens (primary N) is 1. The summed E-state index contributed by atoms with van der Waals surface area (Å²) < 4.78 is 5.32. The Balaban J connectivity index is 1.76. The molecule has 0 aliphatic heterocycles. The average Bonchev–Trinajstić information content (AvgIpc) is 3.10. The molecule has 1 aliphatic rings. The Labute approximate surface area is 111 Å². The number of aromatic nitrogens is 5. The summed E-state index contributed by atoms with van der Waals surface area (Å²) >= 11 is 0. The largest absolute Gasteiger partial charge is 0.339 e. The van der Waals surface area contributed by atoms with Crippen LogP contribution in [0.1, 0.15) is 38.0 Å². The number of nitrogens with one attached hydrogen (secondary N) is 1. The highest BCUT2D eigenvalue weighted by Crippen LogP contribution is 2.38. The van der Waals surface area contributed by atoms with Gasteiger partial charge in [0, 0.05) is 6.42 Å². The quantitative estimate of drug-likeness (QED) is 0.860. The lowest BCUT2D eigenvalue weighted by Gasteiger charge is -2.34. The second kappa shape index (κ2) is 5.08. The first-order chi connectivity index (χ1) is 9.31. The highest BCUT2D eigenvalue weighted by molar-refractivity contribution is 5.44.